The van der Waals surface area contributed by atoms with Crippen molar-refractivity contribution in [1.29, 1.82) is 0 Å². The number of aliphatic hydroxyl groups excluding tert-OH is 1. The van der Waals surface area contributed by atoms with Gasteiger partial charge in [-0.05, 0) is 13.8 Å². The third kappa shape index (κ3) is 4.31. The lowest BCUT2D eigenvalue weighted by Crippen LogP contribution is -2.30. The van der Waals surface area contributed by atoms with Crippen LogP contribution in [0.4, 0.5) is 0 Å². The Labute approximate surface area is 65.7 Å². The molecule has 0 radical (unpaired) electrons. The molecule has 2 N–H and O–H groups in total. The van der Waals surface area contributed by atoms with E-state index in [1.165, 1.54) is 13.8 Å². The highest BCUT2D eigenvalue weighted by Crippen LogP contribution is 2.18. The zero-order valence-corrected chi connectivity index (χ0v) is 6.78. The standard InChI is InChI=1S/C7H14O4/c1-7(2,9)11-6(8)3-5-4-10-5/h5-6,8-9H,3-4H2,1-2H3. The Morgan fingerprint density at radius 1 is 1.73 bits per heavy atom. The first kappa shape index (κ1) is 8.93. The molecule has 1 fully saturated rings. The summed E-state index contributed by atoms with van der Waals surface area (Å²) in [5.74, 6) is -1.27. The van der Waals surface area contributed by atoms with Crippen molar-refractivity contribution < 1.29 is 19.7 Å². The van der Waals surface area contributed by atoms with Gasteiger partial charge in [-0.15, -0.1) is 0 Å². The van der Waals surface area contributed by atoms with Crippen LogP contribution in [-0.2, 0) is 9.47 Å². The van der Waals surface area contributed by atoms with Crippen LogP contribution < -0.4 is 0 Å². The van der Waals surface area contributed by atoms with E-state index in [-0.39, 0.29) is 6.10 Å². The minimum Gasteiger partial charge on any atom is -0.373 e. The van der Waals surface area contributed by atoms with Gasteiger partial charge in [0.25, 0.3) is 0 Å². The number of rotatable bonds is 4. The van der Waals surface area contributed by atoms with E-state index in [9.17, 15) is 0 Å². The molecule has 0 aromatic rings. The summed E-state index contributed by atoms with van der Waals surface area (Å²) in [5, 5.41) is 18.2. The predicted octanol–water partition coefficient (Wildman–Crippen LogP) is -0.161. The molecule has 1 heterocycles. The van der Waals surface area contributed by atoms with Crippen LogP contribution in [0.25, 0.3) is 0 Å². The van der Waals surface area contributed by atoms with Crippen LogP contribution in [0.1, 0.15) is 20.3 Å². The first-order chi connectivity index (χ1) is 4.97. The van der Waals surface area contributed by atoms with Gasteiger partial charge >= 0.3 is 0 Å². The van der Waals surface area contributed by atoms with E-state index >= 15 is 0 Å². The van der Waals surface area contributed by atoms with E-state index < -0.39 is 12.1 Å². The fourth-order valence-electron chi connectivity index (χ4n) is 0.810. The Morgan fingerprint density at radius 2 is 2.27 bits per heavy atom. The number of epoxide rings is 1. The summed E-state index contributed by atoms with van der Waals surface area (Å²) < 4.78 is 9.69. The Bertz CT molecular complexity index is 125. The molecule has 0 aliphatic carbocycles. The Hall–Kier alpha value is -0.160. The van der Waals surface area contributed by atoms with Crippen molar-refractivity contribution in [2.75, 3.05) is 6.61 Å². The summed E-state index contributed by atoms with van der Waals surface area (Å²) in [4.78, 5) is 0. The normalized spacial score (nSPS) is 26.7. The first-order valence-corrected chi connectivity index (χ1v) is 3.67. The van der Waals surface area contributed by atoms with E-state index in [0.717, 1.165) is 0 Å². The minimum absolute atomic E-state index is 0.118. The van der Waals surface area contributed by atoms with E-state index in [0.29, 0.717) is 13.0 Å². The smallest absolute Gasteiger partial charge is 0.162 e. The quantitative estimate of drug-likeness (QED) is 0.445. The molecular weight excluding hydrogens is 148 g/mol. The fourth-order valence-corrected chi connectivity index (χ4v) is 0.810. The average molecular weight is 162 g/mol. The number of ether oxygens (including phenoxy) is 2. The molecule has 1 saturated heterocycles. The van der Waals surface area contributed by atoms with Crippen molar-refractivity contribution in [3.8, 4) is 0 Å². The molecule has 0 aromatic heterocycles. The third-order valence-electron chi connectivity index (χ3n) is 1.29. The van der Waals surface area contributed by atoms with Gasteiger partial charge < -0.3 is 19.7 Å². The summed E-state index contributed by atoms with van der Waals surface area (Å²) in [7, 11) is 0. The second-order valence-corrected chi connectivity index (χ2v) is 3.21. The molecule has 0 amide bonds. The second-order valence-electron chi connectivity index (χ2n) is 3.21. The topological polar surface area (TPSA) is 62.2 Å². The number of hydrogen-bond donors (Lipinski definition) is 2. The van der Waals surface area contributed by atoms with Crippen LogP contribution in [0, 0.1) is 0 Å². The number of hydrogen-bond acceptors (Lipinski definition) is 4. The maximum Gasteiger partial charge on any atom is 0.162 e. The summed E-state index contributed by atoms with van der Waals surface area (Å²) in [6, 6.07) is 0. The van der Waals surface area contributed by atoms with Crippen LogP contribution in [0.2, 0.25) is 0 Å². The number of aliphatic hydroxyl groups is 2. The maximum atomic E-state index is 9.13. The van der Waals surface area contributed by atoms with Gasteiger partial charge in [-0.1, -0.05) is 0 Å². The van der Waals surface area contributed by atoms with Crippen molar-refractivity contribution in [3.05, 3.63) is 0 Å². The van der Waals surface area contributed by atoms with Crippen molar-refractivity contribution in [2.45, 2.75) is 38.4 Å². The zero-order valence-electron chi connectivity index (χ0n) is 6.78. The summed E-state index contributed by atoms with van der Waals surface area (Å²) in [6.07, 6.45) is -0.376. The molecular formula is C7H14O4. The molecule has 2 atom stereocenters. The van der Waals surface area contributed by atoms with Crippen molar-refractivity contribution in [1.82, 2.24) is 0 Å². The van der Waals surface area contributed by atoms with E-state index in [1.54, 1.807) is 0 Å². The molecule has 1 aliphatic heterocycles. The Balaban J connectivity index is 2.13. The van der Waals surface area contributed by atoms with E-state index in [2.05, 4.69) is 0 Å². The summed E-state index contributed by atoms with van der Waals surface area (Å²) in [6.45, 7) is 3.64. The molecule has 66 valence electrons. The van der Waals surface area contributed by atoms with Gasteiger partial charge in [-0.3, -0.25) is 0 Å². The minimum atomic E-state index is -1.27. The van der Waals surface area contributed by atoms with Crippen LogP contribution in [0.3, 0.4) is 0 Å². The van der Waals surface area contributed by atoms with Gasteiger partial charge in [0.1, 0.15) is 0 Å². The van der Waals surface area contributed by atoms with Gasteiger partial charge in [-0.2, -0.15) is 0 Å². The lowest BCUT2D eigenvalue weighted by Gasteiger charge is -2.21. The van der Waals surface area contributed by atoms with Crippen molar-refractivity contribution in [2.24, 2.45) is 0 Å². The first-order valence-electron chi connectivity index (χ1n) is 3.67. The van der Waals surface area contributed by atoms with Gasteiger partial charge in [0.2, 0.25) is 0 Å². The van der Waals surface area contributed by atoms with Gasteiger partial charge in [0, 0.05) is 6.42 Å². The van der Waals surface area contributed by atoms with Crippen LogP contribution >= 0.6 is 0 Å². The lowest BCUT2D eigenvalue weighted by atomic mass is 10.3. The molecule has 0 bridgehead atoms. The third-order valence-corrected chi connectivity index (χ3v) is 1.29. The lowest BCUT2D eigenvalue weighted by molar-refractivity contribution is -0.262. The Kier molecular flexibility index (Phi) is 2.49. The van der Waals surface area contributed by atoms with Crippen LogP contribution in [-0.4, -0.2) is 35.0 Å². The molecule has 2 unspecified atom stereocenters. The van der Waals surface area contributed by atoms with Crippen molar-refractivity contribution >= 4 is 0 Å². The van der Waals surface area contributed by atoms with E-state index in [4.69, 9.17) is 19.7 Å². The molecule has 11 heavy (non-hydrogen) atoms. The zero-order chi connectivity index (χ0) is 8.48. The molecule has 1 rings (SSSR count). The van der Waals surface area contributed by atoms with Gasteiger partial charge in [-0.25, -0.2) is 0 Å². The molecule has 4 nitrogen and oxygen atoms in total. The largest absolute Gasteiger partial charge is 0.373 e. The Morgan fingerprint density at radius 3 is 2.64 bits per heavy atom. The van der Waals surface area contributed by atoms with Crippen molar-refractivity contribution in [3.63, 3.8) is 0 Å². The second kappa shape index (κ2) is 3.06. The highest BCUT2D eigenvalue weighted by Gasteiger charge is 2.28. The van der Waals surface area contributed by atoms with E-state index in [1.807, 2.05) is 0 Å². The predicted molar refractivity (Wildman–Crippen MR) is 37.7 cm³/mol. The molecule has 0 saturated carbocycles. The van der Waals surface area contributed by atoms with Gasteiger partial charge in [0.05, 0.1) is 12.7 Å². The monoisotopic (exact) mass is 162 g/mol. The SMILES string of the molecule is CC(C)(O)OC(O)CC1CO1. The highest BCUT2D eigenvalue weighted by molar-refractivity contribution is 4.70. The maximum absolute atomic E-state index is 9.13. The van der Waals surface area contributed by atoms with Crippen LogP contribution in [0.15, 0.2) is 0 Å². The van der Waals surface area contributed by atoms with Gasteiger partial charge in [0.15, 0.2) is 12.1 Å². The highest BCUT2D eigenvalue weighted by atomic mass is 16.7. The molecule has 1 aliphatic rings. The molecule has 0 aromatic carbocycles. The van der Waals surface area contributed by atoms with Crippen LogP contribution in [0.5, 0.6) is 0 Å². The molecule has 0 spiro atoms. The summed E-state index contributed by atoms with van der Waals surface area (Å²) in [5.41, 5.74) is 0. The molecule has 4 heteroatoms. The average Bonchev–Trinajstić information content (AvgIpc) is 2.42. The summed E-state index contributed by atoms with van der Waals surface area (Å²) >= 11 is 0. The fraction of sp³-hybridized carbons (Fsp3) is 1.00.